The molecule has 0 spiro atoms. The summed E-state index contributed by atoms with van der Waals surface area (Å²) >= 11 is 0. The number of nitrogens with one attached hydrogen (secondary N) is 1. The molecule has 0 saturated carbocycles. The molecule has 8 heteroatoms. The number of aromatic nitrogens is 2. The molecule has 1 aliphatic rings. The monoisotopic (exact) mass is 362 g/mol. The number of aryl methyl sites for hydroxylation is 1. The van der Waals surface area contributed by atoms with Crippen LogP contribution in [0.3, 0.4) is 0 Å². The van der Waals surface area contributed by atoms with Gasteiger partial charge in [0.25, 0.3) is 0 Å². The van der Waals surface area contributed by atoms with Gasteiger partial charge in [0, 0.05) is 31.7 Å². The van der Waals surface area contributed by atoms with Gasteiger partial charge in [0.15, 0.2) is 0 Å². The molecule has 1 fully saturated rings. The quantitative estimate of drug-likeness (QED) is 0.881. The van der Waals surface area contributed by atoms with E-state index in [9.17, 15) is 13.2 Å². The Kier molecular flexibility index (Phi) is 5.19. The van der Waals surface area contributed by atoms with Crippen molar-refractivity contribution in [3.8, 4) is 0 Å². The first-order valence-electron chi connectivity index (χ1n) is 8.39. The molecular formula is C17H22N4O3S. The largest absolute Gasteiger partial charge is 0.323 e. The number of hydrogen-bond acceptors (Lipinski definition) is 4. The number of carbonyl (C=O) groups excluding carboxylic acids is 1. The maximum absolute atomic E-state index is 12.6. The maximum atomic E-state index is 12.6. The summed E-state index contributed by atoms with van der Waals surface area (Å²) in [4.78, 5) is 12.7. The molecule has 0 atom stereocenters. The Morgan fingerprint density at radius 3 is 2.52 bits per heavy atom. The third-order valence-electron chi connectivity index (χ3n) is 4.43. The van der Waals surface area contributed by atoms with Gasteiger partial charge >= 0.3 is 0 Å². The lowest BCUT2D eigenvalue weighted by Gasteiger charge is -2.30. The van der Waals surface area contributed by atoms with Crippen LogP contribution in [0.25, 0.3) is 0 Å². The highest BCUT2D eigenvalue weighted by Gasteiger charge is 2.32. The van der Waals surface area contributed by atoms with E-state index in [-0.39, 0.29) is 11.8 Å². The zero-order valence-electron chi connectivity index (χ0n) is 14.1. The predicted molar refractivity (Wildman–Crippen MR) is 94.5 cm³/mol. The first kappa shape index (κ1) is 17.6. The molecule has 7 nitrogen and oxygen atoms in total. The van der Waals surface area contributed by atoms with E-state index in [4.69, 9.17) is 0 Å². The summed E-state index contributed by atoms with van der Waals surface area (Å²) in [6.07, 6.45) is 4.43. The summed E-state index contributed by atoms with van der Waals surface area (Å²) < 4.78 is 28.4. The number of amides is 1. The van der Waals surface area contributed by atoms with Crippen LogP contribution in [0, 0.1) is 5.92 Å². The molecule has 1 amide bonds. The van der Waals surface area contributed by atoms with Crippen molar-refractivity contribution < 1.29 is 13.2 Å². The van der Waals surface area contributed by atoms with Crippen LogP contribution < -0.4 is 5.32 Å². The van der Waals surface area contributed by atoms with E-state index in [0.29, 0.717) is 36.5 Å². The van der Waals surface area contributed by atoms with E-state index in [1.807, 2.05) is 6.92 Å². The fraction of sp³-hybridized carbons (Fsp3) is 0.412. The lowest BCUT2D eigenvalue weighted by molar-refractivity contribution is -0.120. The summed E-state index contributed by atoms with van der Waals surface area (Å²) in [7, 11) is -3.48. The second-order valence-electron chi connectivity index (χ2n) is 6.07. The van der Waals surface area contributed by atoms with Gasteiger partial charge in [-0.2, -0.15) is 9.40 Å². The first-order valence-corrected chi connectivity index (χ1v) is 9.83. The smallest absolute Gasteiger partial charge is 0.243 e. The van der Waals surface area contributed by atoms with Crippen molar-refractivity contribution in [3.05, 3.63) is 42.7 Å². The van der Waals surface area contributed by atoms with Gasteiger partial charge in [-0.05, 0) is 31.9 Å². The van der Waals surface area contributed by atoms with E-state index in [1.54, 1.807) is 47.4 Å². The SMILES string of the molecule is CCn1cc(NC(=O)C2CCN(S(=O)(=O)c3ccccc3)CC2)cn1. The number of hydrogen-bond donors (Lipinski definition) is 1. The fourth-order valence-corrected chi connectivity index (χ4v) is 4.44. The van der Waals surface area contributed by atoms with Crippen molar-refractivity contribution in [2.24, 2.45) is 5.92 Å². The molecule has 3 rings (SSSR count). The zero-order valence-corrected chi connectivity index (χ0v) is 14.9. The van der Waals surface area contributed by atoms with Gasteiger partial charge in [-0.15, -0.1) is 0 Å². The molecule has 2 heterocycles. The van der Waals surface area contributed by atoms with Crippen LogP contribution in [0.5, 0.6) is 0 Å². The molecule has 0 bridgehead atoms. The number of piperidine rings is 1. The van der Waals surface area contributed by atoms with E-state index >= 15 is 0 Å². The third kappa shape index (κ3) is 3.91. The Hall–Kier alpha value is -2.19. The van der Waals surface area contributed by atoms with Crippen molar-refractivity contribution in [2.75, 3.05) is 18.4 Å². The molecule has 2 aromatic rings. The molecular weight excluding hydrogens is 340 g/mol. The van der Waals surface area contributed by atoms with Gasteiger partial charge in [-0.3, -0.25) is 9.48 Å². The van der Waals surface area contributed by atoms with Crippen LogP contribution >= 0.6 is 0 Å². The van der Waals surface area contributed by atoms with Gasteiger partial charge in [-0.1, -0.05) is 18.2 Å². The molecule has 1 aromatic carbocycles. The Labute approximate surface area is 147 Å². The van der Waals surface area contributed by atoms with Crippen LogP contribution in [0.1, 0.15) is 19.8 Å². The second kappa shape index (κ2) is 7.37. The number of sulfonamides is 1. The molecule has 134 valence electrons. The lowest BCUT2D eigenvalue weighted by atomic mass is 9.97. The topological polar surface area (TPSA) is 84.3 Å². The average molecular weight is 362 g/mol. The Morgan fingerprint density at radius 2 is 1.92 bits per heavy atom. The van der Waals surface area contributed by atoms with Crippen molar-refractivity contribution in [2.45, 2.75) is 31.2 Å². The number of rotatable bonds is 5. The second-order valence-corrected chi connectivity index (χ2v) is 8.00. The highest BCUT2D eigenvalue weighted by Crippen LogP contribution is 2.24. The molecule has 1 aliphatic heterocycles. The minimum absolute atomic E-state index is 0.0765. The van der Waals surface area contributed by atoms with Gasteiger partial charge in [0.05, 0.1) is 16.8 Å². The Morgan fingerprint density at radius 1 is 1.24 bits per heavy atom. The number of benzene rings is 1. The molecule has 0 radical (unpaired) electrons. The molecule has 1 aromatic heterocycles. The van der Waals surface area contributed by atoms with Crippen LogP contribution in [-0.4, -0.2) is 41.5 Å². The molecule has 1 saturated heterocycles. The summed E-state index contributed by atoms with van der Waals surface area (Å²) in [6, 6.07) is 8.41. The Bertz CT molecular complexity index is 825. The fourth-order valence-electron chi connectivity index (χ4n) is 2.95. The maximum Gasteiger partial charge on any atom is 0.243 e. The van der Waals surface area contributed by atoms with Gasteiger partial charge in [-0.25, -0.2) is 8.42 Å². The highest BCUT2D eigenvalue weighted by atomic mass is 32.2. The van der Waals surface area contributed by atoms with E-state index in [2.05, 4.69) is 10.4 Å². The van der Waals surface area contributed by atoms with E-state index in [1.165, 1.54) is 4.31 Å². The van der Waals surface area contributed by atoms with Crippen molar-refractivity contribution >= 4 is 21.6 Å². The van der Waals surface area contributed by atoms with Gasteiger partial charge < -0.3 is 5.32 Å². The van der Waals surface area contributed by atoms with E-state index < -0.39 is 10.0 Å². The summed E-state index contributed by atoms with van der Waals surface area (Å²) in [5, 5.41) is 6.99. The molecule has 0 unspecified atom stereocenters. The summed E-state index contributed by atoms with van der Waals surface area (Å²) in [5.41, 5.74) is 0.672. The van der Waals surface area contributed by atoms with Crippen LogP contribution in [0.4, 0.5) is 5.69 Å². The zero-order chi connectivity index (χ0) is 17.9. The van der Waals surface area contributed by atoms with Crippen LogP contribution in [-0.2, 0) is 21.4 Å². The highest BCUT2D eigenvalue weighted by molar-refractivity contribution is 7.89. The van der Waals surface area contributed by atoms with Crippen LogP contribution in [0.2, 0.25) is 0 Å². The third-order valence-corrected chi connectivity index (χ3v) is 6.34. The summed E-state index contributed by atoms with van der Waals surface area (Å²) in [5.74, 6) is -0.264. The minimum atomic E-state index is -3.48. The number of nitrogens with zero attached hydrogens (tertiary/aromatic N) is 3. The first-order chi connectivity index (χ1) is 12.0. The van der Waals surface area contributed by atoms with Crippen LogP contribution in [0.15, 0.2) is 47.6 Å². The van der Waals surface area contributed by atoms with Crippen molar-refractivity contribution in [3.63, 3.8) is 0 Å². The Balaban J connectivity index is 1.59. The summed E-state index contributed by atoms with van der Waals surface area (Å²) in [6.45, 7) is 3.42. The molecule has 25 heavy (non-hydrogen) atoms. The van der Waals surface area contributed by atoms with Gasteiger partial charge in [0.2, 0.25) is 15.9 Å². The molecule has 0 aliphatic carbocycles. The number of carbonyl (C=O) groups is 1. The minimum Gasteiger partial charge on any atom is -0.323 e. The molecule has 1 N–H and O–H groups in total. The van der Waals surface area contributed by atoms with Crippen molar-refractivity contribution in [1.82, 2.24) is 14.1 Å². The lowest BCUT2D eigenvalue weighted by Crippen LogP contribution is -2.41. The van der Waals surface area contributed by atoms with Gasteiger partial charge in [0.1, 0.15) is 0 Å². The van der Waals surface area contributed by atoms with E-state index in [0.717, 1.165) is 6.54 Å². The standard InChI is InChI=1S/C17H22N4O3S/c1-2-20-13-15(12-18-20)19-17(22)14-8-10-21(11-9-14)25(23,24)16-6-4-3-5-7-16/h3-7,12-14H,2,8-11H2,1H3,(H,19,22). The average Bonchev–Trinajstić information content (AvgIpc) is 3.10. The predicted octanol–water partition coefficient (Wildman–Crippen LogP) is 1.94. The van der Waals surface area contributed by atoms with Crippen molar-refractivity contribution in [1.29, 1.82) is 0 Å². The number of anilines is 1. The normalized spacial score (nSPS) is 16.7.